The Bertz CT molecular complexity index is 2310. The minimum atomic E-state index is -0.526. The molecule has 2 atom stereocenters. The van der Waals surface area contributed by atoms with Gasteiger partial charge in [0.2, 0.25) is 5.95 Å². The summed E-state index contributed by atoms with van der Waals surface area (Å²) in [4.78, 5) is 17.2. The van der Waals surface area contributed by atoms with E-state index < -0.39 is 11.6 Å². The molecule has 1 unspecified atom stereocenters. The van der Waals surface area contributed by atoms with Crippen LogP contribution in [-0.4, -0.2) is 73.4 Å². The van der Waals surface area contributed by atoms with Gasteiger partial charge in [0.05, 0.1) is 22.9 Å². The van der Waals surface area contributed by atoms with Gasteiger partial charge in [-0.05, 0) is 98.7 Å². The first kappa shape index (κ1) is 37.5. The lowest BCUT2D eigenvalue weighted by Crippen LogP contribution is -2.59. The number of halogens is 2. The molecule has 0 saturated carbocycles. The Balaban J connectivity index is 0.856. The maximum absolute atomic E-state index is 13.9. The molecule has 7 heterocycles. The largest absolute Gasteiger partial charge is 0.375 e. The quantitative estimate of drug-likeness (QED) is 0.192. The number of nitrogens with zero attached hydrogens (tertiary/aromatic N) is 8. The average molecular weight is 772 g/mol. The summed E-state index contributed by atoms with van der Waals surface area (Å²) in [5.41, 5.74) is 11.6. The highest BCUT2D eigenvalue weighted by atomic mass is 19.1. The van der Waals surface area contributed by atoms with Crippen molar-refractivity contribution in [2.45, 2.75) is 71.9 Å². The maximum Gasteiger partial charge on any atom is 0.208 e. The van der Waals surface area contributed by atoms with Gasteiger partial charge >= 0.3 is 0 Å². The highest BCUT2D eigenvalue weighted by Gasteiger charge is 2.45. The van der Waals surface area contributed by atoms with E-state index in [0.29, 0.717) is 22.9 Å². The molecule has 57 heavy (non-hydrogen) atoms. The molecule has 4 aliphatic heterocycles. The Morgan fingerprint density at radius 1 is 0.947 bits per heavy atom. The Kier molecular flexibility index (Phi) is 9.91. The number of anilines is 2. The van der Waals surface area contributed by atoms with Crippen LogP contribution in [0.25, 0.3) is 28.0 Å². The summed E-state index contributed by atoms with van der Waals surface area (Å²) < 4.78 is 32.2. The van der Waals surface area contributed by atoms with E-state index >= 15 is 0 Å². The summed E-state index contributed by atoms with van der Waals surface area (Å²) in [5, 5.41) is 8.23. The molecule has 2 bridgehead atoms. The SMILES string of the molecule is C=C1Nc2nc3ccc(CN4CC5(CCN(C(=C)C6CCN(c7cc(F)cc(F)c7)C6)CC5)C4)cc3n2C[C@H](C)CCCCc2c(cnn2C)-c2cc1cc(C)n2. The maximum atomic E-state index is 13.9. The van der Waals surface area contributed by atoms with Crippen molar-refractivity contribution in [1.29, 1.82) is 0 Å². The van der Waals surface area contributed by atoms with Crippen LogP contribution in [0.1, 0.15) is 68.0 Å². The predicted molar refractivity (Wildman–Crippen MR) is 225 cm³/mol. The third kappa shape index (κ3) is 7.58. The van der Waals surface area contributed by atoms with Crippen molar-refractivity contribution in [2.75, 3.05) is 49.5 Å². The second kappa shape index (κ2) is 15.0. The summed E-state index contributed by atoms with van der Waals surface area (Å²) in [6.07, 6.45) is 9.59. The number of likely N-dealkylation sites (tertiary alicyclic amines) is 2. The molecule has 9 rings (SSSR count). The monoisotopic (exact) mass is 771 g/mol. The fourth-order valence-corrected chi connectivity index (χ4v) is 10.00. The van der Waals surface area contributed by atoms with Gasteiger partial charge in [-0.1, -0.05) is 32.6 Å². The van der Waals surface area contributed by atoms with E-state index in [1.54, 1.807) is 0 Å². The van der Waals surface area contributed by atoms with Crippen LogP contribution >= 0.6 is 0 Å². The molecule has 2 aromatic carbocycles. The molecule has 0 aliphatic carbocycles. The molecular formula is C46H55F2N9. The van der Waals surface area contributed by atoms with E-state index in [1.165, 1.54) is 34.6 Å². The van der Waals surface area contributed by atoms with Crippen molar-refractivity contribution in [3.63, 3.8) is 0 Å². The van der Waals surface area contributed by atoms with Gasteiger partial charge in [-0.15, -0.1) is 0 Å². The van der Waals surface area contributed by atoms with E-state index in [0.717, 1.165) is 143 Å². The minimum absolute atomic E-state index is 0.307. The summed E-state index contributed by atoms with van der Waals surface area (Å²) in [5.74, 6) is 0.561. The number of rotatable bonds is 5. The van der Waals surface area contributed by atoms with Gasteiger partial charge in [0.25, 0.3) is 0 Å². The molecule has 4 aliphatic rings. The topological polar surface area (TPSA) is 70.3 Å². The van der Waals surface area contributed by atoms with Crippen LogP contribution in [0.4, 0.5) is 20.4 Å². The Morgan fingerprint density at radius 3 is 2.53 bits per heavy atom. The Morgan fingerprint density at radius 2 is 1.74 bits per heavy atom. The number of hydrogen-bond acceptors (Lipinski definition) is 7. The van der Waals surface area contributed by atoms with E-state index in [9.17, 15) is 8.78 Å². The molecule has 5 aromatic rings. The molecule has 3 aromatic heterocycles. The fraction of sp³-hybridized carbons (Fsp3) is 0.457. The second-order valence-corrected chi connectivity index (χ2v) is 17.5. The van der Waals surface area contributed by atoms with Gasteiger partial charge in [-0.2, -0.15) is 5.10 Å². The number of aryl methyl sites for hydroxylation is 2. The summed E-state index contributed by atoms with van der Waals surface area (Å²) in [7, 11) is 2.03. The third-order valence-electron chi connectivity index (χ3n) is 13.2. The Labute approximate surface area is 335 Å². The smallest absolute Gasteiger partial charge is 0.208 e. The van der Waals surface area contributed by atoms with Crippen molar-refractivity contribution in [3.05, 3.63) is 108 Å². The first-order valence-corrected chi connectivity index (χ1v) is 20.8. The van der Waals surface area contributed by atoms with Crippen molar-refractivity contribution in [2.24, 2.45) is 24.3 Å². The van der Waals surface area contributed by atoms with Crippen molar-refractivity contribution in [3.8, 4) is 11.3 Å². The standard InChI is InChI=1S/C46H55F2N9/c1-30-8-6-7-9-43-40(24-49-53(43)5)42-20-36(18-31(2)50-42)32(3)51-45-52-41-11-10-34(19-44(41)57(45)25-30)26-54-28-46(29-54)13-16-55(17-14-46)33(4)35-12-15-56(27-35)39-22-37(47)21-38(48)23-39/h10-11,18-24,30,35H,3-4,6-9,12-17,25-29H2,1-2,5H3,(H,51,52)/t30-,35?/m1/s1. The van der Waals surface area contributed by atoms with Crippen molar-refractivity contribution in [1.82, 2.24) is 34.1 Å². The Hall–Kier alpha value is -5.03. The molecule has 0 amide bonds. The van der Waals surface area contributed by atoms with Gasteiger partial charge in [-0.3, -0.25) is 14.6 Å². The van der Waals surface area contributed by atoms with Crippen molar-refractivity contribution < 1.29 is 8.78 Å². The van der Waals surface area contributed by atoms with Crippen LogP contribution in [0.2, 0.25) is 0 Å². The molecule has 9 nitrogen and oxygen atoms in total. The third-order valence-corrected chi connectivity index (χ3v) is 13.2. The average Bonchev–Trinajstić information content (AvgIpc) is 3.89. The molecule has 298 valence electrons. The number of fused-ring (bicyclic) bond motifs is 7. The minimum Gasteiger partial charge on any atom is -0.375 e. The first-order chi connectivity index (χ1) is 27.5. The lowest BCUT2D eigenvalue weighted by molar-refractivity contribution is -0.0469. The van der Waals surface area contributed by atoms with Gasteiger partial charge in [0.15, 0.2) is 0 Å². The molecule has 1 N–H and O–H groups in total. The van der Waals surface area contributed by atoms with E-state index in [4.69, 9.17) is 9.97 Å². The second-order valence-electron chi connectivity index (χ2n) is 17.5. The lowest BCUT2D eigenvalue weighted by atomic mass is 9.71. The zero-order chi connectivity index (χ0) is 39.4. The number of imidazole rings is 1. The molecular weight excluding hydrogens is 717 g/mol. The van der Waals surface area contributed by atoms with E-state index in [-0.39, 0.29) is 0 Å². The molecule has 1 spiro atoms. The number of nitrogens with one attached hydrogen (secondary N) is 1. The lowest BCUT2D eigenvalue weighted by Gasteiger charge is -2.55. The van der Waals surface area contributed by atoms with Crippen LogP contribution in [-0.2, 0) is 26.6 Å². The number of benzene rings is 2. The van der Waals surface area contributed by atoms with Crippen LogP contribution in [0.15, 0.2) is 73.6 Å². The van der Waals surface area contributed by atoms with Crippen molar-refractivity contribution >= 4 is 28.4 Å². The fourth-order valence-electron chi connectivity index (χ4n) is 10.00. The highest BCUT2D eigenvalue weighted by Crippen LogP contribution is 2.43. The van der Waals surface area contributed by atoms with E-state index in [2.05, 4.69) is 80.1 Å². The summed E-state index contributed by atoms with van der Waals surface area (Å²) in [6.45, 7) is 21.0. The normalized spacial score (nSPS) is 21.5. The van der Waals surface area contributed by atoms with Gasteiger partial charge < -0.3 is 19.7 Å². The zero-order valence-corrected chi connectivity index (χ0v) is 33.7. The van der Waals surface area contributed by atoms with Crippen LogP contribution < -0.4 is 10.2 Å². The van der Waals surface area contributed by atoms with Crippen LogP contribution in [0.5, 0.6) is 0 Å². The van der Waals surface area contributed by atoms with Crippen LogP contribution in [0, 0.1) is 35.8 Å². The first-order valence-electron chi connectivity index (χ1n) is 20.8. The van der Waals surface area contributed by atoms with Gasteiger partial charge in [0.1, 0.15) is 11.6 Å². The van der Waals surface area contributed by atoms with Gasteiger partial charge in [-0.25, -0.2) is 13.8 Å². The molecule has 3 fully saturated rings. The molecule has 0 radical (unpaired) electrons. The number of piperidine rings is 1. The molecule has 11 heteroatoms. The summed E-state index contributed by atoms with van der Waals surface area (Å²) >= 11 is 0. The predicted octanol–water partition coefficient (Wildman–Crippen LogP) is 8.80. The molecule has 3 saturated heterocycles. The van der Waals surface area contributed by atoms with E-state index in [1.807, 2.05) is 24.9 Å². The number of hydrogen-bond donors (Lipinski definition) is 1. The highest BCUT2D eigenvalue weighted by molar-refractivity contribution is 5.83. The zero-order valence-electron chi connectivity index (χ0n) is 33.7. The van der Waals surface area contributed by atoms with Crippen LogP contribution in [0.3, 0.4) is 0 Å². The number of pyridine rings is 1. The van der Waals surface area contributed by atoms with Gasteiger partial charge in [0, 0.05) is 111 Å². The number of aromatic nitrogens is 5. The summed E-state index contributed by atoms with van der Waals surface area (Å²) in [6, 6.07) is 14.8.